The Hall–Kier alpha value is -3.37. The summed E-state index contributed by atoms with van der Waals surface area (Å²) in [5.41, 5.74) is 2.41. The van der Waals surface area contributed by atoms with Gasteiger partial charge in [-0.3, -0.25) is 24.6 Å². The van der Waals surface area contributed by atoms with Crippen molar-refractivity contribution in [3.63, 3.8) is 0 Å². The van der Waals surface area contributed by atoms with Gasteiger partial charge in [-0.1, -0.05) is 30.3 Å². The third kappa shape index (κ3) is 5.80. The van der Waals surface area contributed by atoms with Crippen molar-refractivity contribution in [3.05, 3.63) is 65.2 Å². The minimum absolute atomic E-state index is 0.194. The van der Waals surface area contributed by atoms with E-state index in [1.165, 1.54) is 10.5 Å². The zero-order valence-electron chi connectivity index (χ0n) is 20.4. The highest BCUT2D eigenvalue weighted by molar-refractivity contribution is 6.05. The first kappa shape index (κ1) is 25.3. The molecule has 0 bridgehead atoms. The molecular formula is C27H30F2N4O4. The lowest BCUT2D eigenvalue weighted by Crippen LogP contribution is -2.55. The average molecular weight is 513 g/mol. The molecule has 0 aliphatic carbocycles. The van der Waals surface area contributed by atoms with Crippen LogP contribution in [0.5, 0.6) is 5.75 Å². The number of alkyl halides is 2. The number of fused-ring (bicyclic) bond motifs is 1. The number of hydrogen-bond donors (Lipinski definition) is 2. The fourth-order valence-electron chi connectivity index (χ4n) is 5.36. The summed E-state index contributed by atoms with van der Waals surface area (Å²) >= 11 is 0. The van der Waals surface area contributed by atoms with E-state index in [2.05, 4.69) is 27.7 Å². The van der Waals surface area contributed by atoms with Gasteiger partial charge in [0, 0.05) is 44.2 Å². The Morgan fingerprint density at radius 1 is 1.08 bits per heavy atom. The lowest BCUT2D eigenvalue weighted by molar-refractivity contribution is -0.136. The van der Waals surface area contributed by atoms with Crippen LogP contribution in [0.15, 0.2) is 48.5 Å². The van der Waals surface area contributed by atoms with Gasteiger partial charge in [0.1, 0.15) is 17.9 Å². The molecule has 3 atom stereocenters. The number of nitrogens with zero attached hydrogens (tertiary/aromatic N) is 2. The molecule has 2 aromatic rings. The molecule has 0 aromatic heterocycles. The van der Waals surface area contributed by atoms with Crippen molar-refractivity contribution in [1.29, 1.82) is 0 Å². The van der Waals surface area contributed by atoms with E-state index in [-0.39, 0.29) is 36.9 Å². The Kier molecular flexibility index (Phi) is 7.48. The summed E-state index contributed by atoms with van der Waals surface area (Å²) < 4.78 is 32.2. The number of likely N-dealkylation sites (tertiary alicyclic amines) is 1. The van der Waals surface area contributed by atoms with Crippen LogP contribution in [0.2, 0.25) is 0 Å². The monoisotopic (exact) mass is 512 g/mol. The van der Waals surface area contributed by atoms with Gasteiger partial charge in [0.25, 0.3) is 12.3 Å². The number of halogens is 2. The van der Waals surface area contributed by atoms with Crippen LogP contribution in [0.3, 0.4) is 0 Å². The minimum atomic E-state index is -2.45. The number of imide groups is 1. The van der Waals surface area contributed by atoms with Gasteiger partial charge in [-0.15, -0.1) is 0 Å². The molecule has 3 aliphatic rings. The first-order valence-corrected chi connectivity index (χ1v) is 12.6. The van der Waals surface area contributed by atoms with E-state index in [1.807, 2.05) is 18.2 Å². The van der Waals surface area contributed by atoms with E-state index in [4.69, 9.17) is 4.74 Å². The second-order valence-corrected chi connectivity index (χ2v) is 9.79. The van der Waals surface area contributed by atoms with Gasteiger partial charge in [-0.2, -0.15) is 0 Å². The molecule has 3 heterocycles. The maximum Gasteiger partial charge on any atom is 0.255 e. The van der Waals surface area contributed by atoms with Gasteiger partial charge < -0.3 is 15.0 Å². The number of nitrogens with one attached hydrogen (secondary N) is 2. The van der Waals surface area contributed by atoms with Crippen molar-refractivity contribution in [2.45, 2.75) is 57.0 Å². The van der Waals surface area contributed by atoms with Crippen molar-refractivity contribution in [1.82, 2.24) is 20.4 Å². The highest BCUT2D eigenvalue weighted by Crippen LogP contribution is 2.31. The fourth-order valence-corrected chi connectivity index (χ4v) is 5.36. The summed E-state index contributed by atoms with van der Waals surface area (Å²) in [5.74, 6) is -0.487. The van der Waals surface area contributed by atoms with Crippen molar-refractivity contribution >= 4 is 17.7 Å². The Morgan fingerprint density at radius 3 is 2.65 bits per heavy atom. The van der Waals surface area contributed by atoms with Gasteiger partial charge in [-0.05, 0) is 42.2 Å². The second-order valence-electron chi connectivity index (χ2n) is 9.79. The highest BCUT2D eigenvalue weighted by atomic mass is 19.3. The summed E-state index contributed by atoms with van der Waals surface area (Å²) in [7, 11) is 0. The molecule has 5 rings (SSSR count). The maximum absolute atomic E-state index is 13.0. The average Bonchev–Trinajstić information content (AvgIpc) is 3.19. The molecule has 10 heteroatoms. The summed E-state index contributed by atoms with van der Waals surface area (Å²) in [6.45, 7) is 1.91. The highest BCUT2D eigenvalue weighted by Gasteiger charge is 2.39. The lowest BCUT2D eigenvalue weighted by Gasteiger charge is -2.39. The summed E-state index contributed by atoms with van der Waals surface area (Å²) in [5, 5.41) is 5.26. The van der Waals surface area contributed by atoms with Crippen LogP contribution in [0.4, 0.5) is 8.78 Å². The van der Waals surface area contributed by atoms with E-state index in [1.54, 1.807) is 18.2 Å². The Morgan fingerprint density at radius 2 is 1.89 bits per heavy atom. The van der Waals surface area contributed by atoms with E-state index in [9.17, 15) is 23.2 Å². The molecule has 2 N–H and O–H groups in total. The second kappa shape index (κ2) is 10.9. The van der Waals surface area contributed by atoms with Crippen LogP contribution in [-0.4, -0.2) is 71.8 Å². The smallest absolute Gasteiger partial charge is 0.255 e. The van der Waals surface area contributed by atoms with Crippen LogP contribution in [0, 0.1) is 0 Å². The van der Waals surface area contributed by atoms with Gasteiger partial charge in [0.15, 0.2) is 0 Å². The number of ether oxygens (including phenoxy) is 1. The fraction of sp³-hybridized carbons (Fsp3) is 0.444. The molecule has 3 aliphatic heterocycles. The van der Waals surface area contributed by atoms with Gasteiger partial charge in [0.2, 0.25) is 11.8 Å². The van der Waals surface area contributed by atoms with Crippen molar-refractivity contribution < 1.29 is 27.9 Å². The molecule has 0 radical (unpaired) electrons. The quantitative estimate of drug-likeness (QED) is 0.528. The minimum Gasteiger partial charge on any atom is -0.487 e. The van der Waals surface area contributed by atoms with Crippen LogP contribution in [0.1, 0.15) is 40.7 Å². The molecule has 0 saturated carbocycles. The van der Waals surface area contributed by atoms with E-state index >= 15 is 0 Å². The van der Waals surface area contributed by atoms with Gasteiger partial charge in [0.05, 0.1) is 6.54 Å². The van der Waals surface area contributed by atoms with E-state index in [0.717, 1.165) is 18.7 Å². The number of carbonyl (C=O) groups excluding carboxylic acids is 3. The standard InChI is InChI=1S/C27H30F2N4O4/c28-24(29)13-30-21-10-11-32(14-17-4-2-1-3-5-17)16-23(21)37-19-6-7-20-18(12-19)15-33(27(20)36)22-8-9-25(34)31-26(22)35/h1-7,12,21-24,30H,8-11,13-16H2,(H,31,34,35)/t21-,22?,23-/m0/s1. The molecule has 0 spiro atoms. The van der Waals surface area contributed by atoms with E-state index in [0.29, 0.717) is 30.7 Å². The Bertz CT molecular complexity index is 1160. The first-order valence-electron chi connectivity index (χ1n) is 12.6. The molecule has 1 unspecified atom stereocenters. The van der Waals surface area contributed by atoms with Crippen LogP contribution >= 0.6 is 0 Å². The maximum atomic E-state index is 13.0. The van der Waals surface area contributed by atoms with Crippen LogP contribution in [0.25, 0.3) is 0 Å². The normalized spacial score (nSPS) is 24.4. The van der Waals surface area contributed by atoms with Crippen molar-refractivity contribution in [2.75, 3.05) is 19.6 Å². The summed E-state index contributed by atoms with van der Waals surface area (Å²) in [6.07, 6.45) is -1.66. The van der Waals surface area contributed by atoms with E-state index < -0.39 is 24.9 Å². The van der Waals surface area contributed by atoms with Crippen LogP contribution in [-0.2, 0) is 22.7 Å². The summed E-state index contributed by atoms with van der Waals surface area (Å²) in [4.78, 5) is 40.5. The molecule has 196 valence electrons. The van der Waals surface area contributed by atoms with Crippen molar-refractivity contribution in [3.8, 4) is 5.75 Å². The molecule has 37 heavy (non-hydrogen) atoms. The van der Waals surface area contributed by atoms with Crippen molar-refractivity contribution in [2.24, 2.45) is 0 Å². The molecule has 8 nitrogen and oxygen atoms in total. The number of benzene rings is 2. The Labute approximate surface area is 213 Å². The molecular weight excluding hydrogens is 482 g/mol. The molecule has 2 aromatic carbocycles. The zero-order chi connectivity index (χ0) is 25.9. The van der Waals surface area contributed by atoms with Gasteiger partial charge in [-0.25, -0.2) is 8.78 Å². The molecule has 3 amide bonds. The first-order chi connectivity index (χ1) is 17.9. The molecule has 2 saturated heterocycles. The number of piperidine rings is 2. The SMILES string of the molecule is O=C1CCC(N2Cc3cc(O[C@H]4CN(Cc5ccccc5)CC[C@@H]4NCC(F)F)ccc3C2=O)C(=O)N1. The lowest BCUT2D eigenvalue weighted by atomic mass is 10.0. The number of rotatable bonds is 8. The molecule has 2 fully saturated rings. The predicted octanol–water partition coefficient (Wildman–Crippen LogP) is 2.32. The van der Waals surface area contributed by atoms with Crippen LogP contribution < -0.4 is 15.4 Å². The zero-order valence-corrected chi connectivity index (χ0v) is 20.4. The third-order valence-electron chi connectivity index (χ3n) is 7.21. The third-order valence-corrected chi connectivity index (χ3v) is 7.21. The number of hydrogen-bond acceptors (Lipinski definition) is 6. The number of carbonyl (C=O) groups is 3. The number of amides is 3. The van der Waals surface area contributed by atoms with Gasteiger partial charge >= 0.3 is 0 Å². The topological polar surface area (TPSA) is 91.0 Å². The predicted molar refractivity (Wildman–Crippen MR) is 131 cm³/mol. The summed E-state index contributed by atoms with van der Waals surface area (Å²) in [6, 6.07) is 14.3. The largest absolute Gasteiger partial charge is 0.487 e. The Balaban J connectivity index is 1.29.